The van der Waals surface area contributed by atoms with E-state index in [-0.39, 0.29) is 5.91 Å². The first kappa shape index (κ1) is 13.2. The Hall–Kier alpha value is -2.82. The second-order valence-electron chi connectivity index (χ2n) is 4.63. The highest BCUT2D eigenvalue weighted by Gasteiger charge is 2.19. The maximum atomic E-state index is 11.6. The highest BCUT2D eigenvalue weighted by Crippen LogP contribution is 2.25. The Bertz CT molecular complexity index is 739. The van der Waals surface area contributed by atoms with Crippen LogP contribution < -0.4 is 10.2 Å². The molecule has 0 spiro atoms. The number of ether oxygens (including phenoxy) is 1. The van der Waals surface area contributed by atoms with Crippen LogP contribution in [0.25, 0.3) is 17.4 Å². The van der Waals surface area contributed by atoms with Crippen molar-refractivity contribution in [1.82, 2.24) is 5.43 Å². The smallest absolute Gasteiger partial charge is 0.273 e. The van der Waals surface area contributed by atoms with Gasteiger partial charge in [0.1, 0.15) is 17.3 Å². The maximum absolute atomic E-state index is 11.6. The van der Waals surface area contributed by atoms with E-state index >= 15 is 0 Å². The number of amides is 1. The van der Waals surface area contributed by atoms with E-state index in [0.717, 1.165) is 17.1 Å². The minimum atomic E-state index is -0.213. The van der Waals surface area contributed by atoms with E-state index in [1.54, 1.807) is 20.1 Å². The fourth-order valence-electron chi connectivity index (χ4n) is 2.07. The van der Waals surface area contributed by atoms with E-state index in [0.29, 0.717) is 17.0 Å². The monoisotopic (exact) mass is 282 g/mol. The fraction of sp³-hybridized carbons (Fsp3) is 0.125. The summed E-state index contributed by atoms with van der Waals surface area (Å²) in [6.45, 7) is 1.77. The molecule has 21 heavy (non-hydrogen) atoms. The zero-order valence-electron chi connectivity index (χ0n) is 11.7. The summed E-state index contributed by atoms with van der Waals surface area (Å²) in [5.74, 6) is 1.93. The Morgan fingerprint density at radius 2 is 1.95 bits per heavy atom. The number of furan rings is 1. The minimum Gasteiger partial charge on any atom is -0.497 e. The van der Waals surface area contributed by atoms with Crippen LogP contribution in [0.15, 0.2) is 51.5 Å². The summed E-state index contributed by atoms with van der Waals surface area (Å²) >= 11 is 0. The van der Waals surface area contributed by atoms with Gasteiger partial charge in [-0.05, 0) is 49.4 Å². The maximum Gasteiger partial charge on any atom is 0.273 e. The van der Waals surface area contributed by atoms with E-state index < -0.39 is 0 Å². The molecule has 1 aromatic carbocycles. The fourth-order valence-corrected chi connectivity index (χ4v) is 2.07. The molecule has 106 valence electrons. The van der Waals surface area contributed by atoms with Gasteiger partial charge in [-0.3, -0.25) is 4.79 Å². The molecule has 3 rings (SSSR count). The van der Waals surface area contributed by atoms with Crippen LogP contribution in [0.3, 0.4) is 0 Å². The normalized spacial score (nSPS) is 16.0. The second kappa shape index (κ2) is 5.28. The Balaban J connectivity index is 1.88. The van der Waals surface area contributed by atoms with Crippen molar-refractivity contribution in [2.24, 2.45) is 5.10 Å². The van der Waals surface area contributed by atoms with E-state index in [2.05, 4.69) is 10.5 Å². The second-order valence-corrected chi connectivity index (χ2v) is 4.63. The number of hydrazone groups is 1. The molecule has 1 aromatic heterocycles. The summed E-state index contributed by atoms with van der Waals surface area (Å²) in [4.78, 5) is 11.6. The predicted molar refractivity (Wildman–Crippen MR) is 79.9 cm³/mol. The third-order valence-electron chi connectivity index (χ3n) is 3.25. The molecule has 0 radical (unpaired) electrons. The van der Waals surface area contributed by atoms with Crippen LogP contribution in [-0.2, 0) is 4.79 Å². The first-order valence-electron chi connectivity index (χ1n) is 6.48. The standard InChI is InChI=1S/C16H14N2O3/c1-10-14(16(19)18-17-10)9-13-7-8-15(21-13)11-3-5-12(20-2)6-4-11/h3-9H,1-2H3,(H,18,19)/b14-9+. The Kier molecular flexibility index (Phi) is 3.31. The van der Waals surface area contributed by atoms with Gasteiger partial charge in [0, 0.05) is 5.56 Å². The van der Waals surface area contributed by atoms with Crippen molar-refractivity contribution in [2.75, 3.05) is 7.11 Å². The summed E-state index contributed by atoms with van der Waals surface area (Å²) < 4.78 is 10.9. The van der Waals surface area contributed by atoms with Crippen molar-refractivity contribution in [1.29, 1.82) is 0 Å². The summed E-state index contributed by atoms with van der Waals surface area (Å²) in [5.41, 5.74) is 4.54. The lowest BCUT2D eigenvalue weighted by Crippen LogP contribution is -2.12. The number of nitrogens with one attached hydrogen (secondary N) is 1. The van der Waals surface area contributed by atoms with Crippen molar-refractivity contribution in [3.8, 4) is 17.1 Å². The molecule has 0 aliphatic carbocycles. The van der Waals surface area contributed by atoms with Gasteiger partial charge in [-0.1, -0.05) is 0 Å². The molecule has 1 N–H and O–H groups in total. The number of methoxy groups -OCH3 is 1. The van der Waals surface area contributed by atoms with E-state index in [1.807, 2.05) is 36.4 Å². The Morgan fingerprint density at radius 1 is 1.19 bits per heavy atom. The molecular formula is C16H14N2O3. The lowest BCUT2D eigenvalue weighted by molar-refractivity contribution is -0.116. The van der Waals surface area contributed by atoms with E-state index in [9.17, 15) is 4.79 Å². The highest BCUT2D eigenvalue weighted by atomic mass is 16.5. The van der Waals surface area contributed by atoms with Gasteiger partial charge in [-0.15, -0.1) is 0 Å². The van der Waals surface area contributed by atoms with Crippen molar-refractivity contribution < 1.29 is 13.9 Å². The lowest BCUT2D eigenvalue weighted by Gasteiger charge is -2.00. The number of benzene rings is 1. The minimum absolute atomic E-state index is 0.213. The lowest BCUT2D eigenvalue weighted by atomic mass is 10.1. The van der Waals surface area contributed by atoms with Gasteiger partial charge in [-0.25, -0.2) is 5.43 Å². The summed E-state index contributed by atoms with van der Waals surface area (Å²) in [5, 5.41) is 3.87. The van der Waals surface area contributed by atoms with Gasteiger partial charge in [0.05, 0.1) is 18.4 Å². The first-order valence-corrected chi connectivity index (χ1v) is 6.48. The van der Waals surface area contributed by atoms with Gasteiger partial charge in [0.25, 0.3) is 5.91 Å². The third kappa shape index (κ3) is 2.58. The molecule has 1 aliphatic heterocycles. The van der Waals surface area contributed by atoms with Crippen LogP contribution in [0.5, 0.6) is 5.75 Å². The molecule has 5 nitrogen and oxygen atoms in total. The van der Waals surface area contributed by atoms with Gasteiger partial charge >= 0.3 is 0 Å². The molecule has 0 saturated carbocycles. The zero-order chi connectivity index (χ0) is 14.8. The van der Waals surface area contributed by atoms with Crippen molar-refractivity contribution in [2.45, 2.75) is 6.92 Å². The molecule has 1 amide bonds. The number of hydrogen-bond donors (Lipinski definition) is 1. The molecular weight excluding hydrogens is 268 g/mol. The molecule has 0 atom stereocenters. The van der Waals surface area contributed by atoms with Crippen LogP contribution >= 0.6 is 0 Å². The third-order valence-corrected chi connectivity index (χ3v) is 3.25. The summed E-state index contributed by atoms with van der Waals surface area (Å²) in [7, 11) is 1.63. The highest BCUT2D eigenvalue weighted by molar-refractivity contribution is 6.26. The van der Waals surface area contributed by atoms with Crippen LogP contribution in [0, 0.1) is 0 Å². The van der Waals surface area contributed by atoms with Crippen molar-refractivity contribution in [3.63, 3.8) is 0 Å². The SMILES string of the molecule is COc1ccc(-c2ccc(/C=C3/C(=O)NN=C3C)o2)cc1. The predicted octanol–water partition coefficient (Wildman–Crippen LogP) is 2.84. The zero-order valence-corrected chi connectivity index (χ0v) is 11.7. The molecule has 0 saturated heterocycles. The van der Waals surface area contributed by atoms with Gasteiger partial charge in [0.15, 0.2) is 0 Å². The van der Waals surface area contributed by atoms with Crippen molar-refractivity contribution >= 4 is 17.7 Å². The van der Waals surface area contributed by atoms with Crippen LogP contribution in [0.1, 0.15) is 12.7 Å². The molecule has 1 aliphatic rings. The van der Waals surface area contributed by atoms with Crippen molar-refractivity contribution in [3.05, 3.63) is 47.7 Å². The first-order chi connectivity index (χ1) is 10.2. The van der Waals surface area contributed by atoms with Gasteiger partial charge < -0.3 is 9.15 Å². The van der Waals surface area contributed by atoms with E-state index in [4.69, 9.17) is 9.15 Å². The average Bonchev–Trinajstić information content (AvgIpc) is 3.10. The number of carbonyl (C=O) groups is 1. The summed E-state index contributed by atoms with van der Waals surface area (Å²) in [6.07, 6.45) is 1.69. The van der Waals surface area contributed by atoms with Gasteiger partial charge in [0.2, 0.25) is 0 Å². The number of rotatable bonds is 3. The number of nitrogens with zero attached hydrogens (tertiary/aromatic N) is 1. The molecule has 0 fully saturated rings. The molecule has 2 aromatic rings. The Labute approximate surface area is 121 Å². The average molecular weight is 282 g/mol. The van der Waals surface area contributed by atoms with Crippen LogP contribution in [0.4, 0.5) is 0 Å². The molecule has 0 bridgehead atoms. The van der Waals surface area contributed by atoms with E-state index in [1.165, 1.54) is 0 Å². The Morgan fingerprint density at radius 3 is 2.57 bits per heavy atom. The molecule has 0 unspecified atom stereocenters. The molecule has 5 heteroatoms. The largest absolute Gasteiger partial charge is 0.497 e. The van der Waals surface area contributed by atoms with Crippen LogP contribution in [0.2, 0.25) is 0 Å². The number of carbonyl (C=O) groups excluding carboxylic acids is 1. The summed E-state index contributed by atoms with van der Waals surface area (Å²) in [6, 6.07) is 11.3. The number of hydrogen-bond acceptors (Lipinski definition) is 4. The topological polar surface area (TPSA) is 63.8 Å². The van der Waals surface area contributed by atoms with Gasteiger partial charge in [-0.2, -0.15) is 5.10 Å². The van der Waals surface area contributed by atoms with Crippen LogP contribution in [-0.4, -0.2) is 18.7 Å². The quantitative estimate of drug-likeness (QED) is 0.880. The molecule has 2 heterocycles.